The number of anilines is 1. The smallest absolute Gasteiger partial charge is 0.238 e. The van der Waals surface area contributed by atoms with Gasteiger partial charge >= 0.3 is 0 Å². The number of nitrogens with one attached hydrogen (secondary N) is 2. The molecule has 1 aromatic carbocycles. The zero-order valence-corrected chi connectivity index (χ0v) is 11.6. The van der Waals surface area contributed by atoms with Crippen LogP contribution in [0, 0.1) is 0 Å². The highest BCUT2D eigenvalue weighted by molar-refractivity contribution is 9.10. The van der Waals surface area contributed by atoms with Crippen molar-refractivity contribution in [3.63, 3.8) is 0 Å². The summed E-state index contributed by atoms with van der Waals surface area (Å²) >= 11 is 3.34. The number of benzene rings is 1. The van der Waals surface area contributed by atoms with Gasteiger partial charge in [-0.05, 0) is 31.2 Å². The largest absolute Gasteiger partial charge is 0.380 e. The highest BCUT2D eigenvalue weighted by atomic mass is 79.9. The van der Waals surface area contributed by atoms with E-state index in [1.165, 1.54) is 0 Å². The summed E-state index contributed by atoms with van der Waals surface area (Å²) in [6, 6.07) is 7.46. The molecule has 0 saturated carbocycles. The van der Waals surface area contributed by atoms with Crippen molar-refractivity contribution in [3.05, 3.63) is 28.7 Å². The van der Waals surface area contributed by atoms with Crippen molar-refractivity contribution in [2.45, 2.75) is 13.0 Å². The summed E-state index contributed by atoms with van der Waals surface area (Å²) in [7, 11) is 1.65. The molecular weight excluding hydrogens is 284 g/mol. The van der Waals surface area contributed by atoms with E-state index in [1.807, 2.05) is 31.2 Å². The molecule has 0 spiro atoms. The summed E-state index contributed by atoms with van der Waals surface area (Å²) in [6.07, 6.45) is 0.107. The van der Waals surface area contributed by atoms with Gasteiger partial charge in [0.1, 0.15) is 0 Å². The summed E-state index contributed by atoms with van der Waals surface area (Å²) in [5, 5.41) is 5.82. The molecule has 0 aliphatic heterocycles. The van der Waals surface area contributed by atoms with Crippen molar-refractivity contribution in [1.29, 1.82) is 0 Å². The minimum atomic E-state index is -0.0596. The second-order valence-corrected chi connectivity index (χ2v) is 4.65. The van der Waals surface area contributed by atoms with Crippen molar-refractivity contribution in [2.75, 3.05) is 25.5 Å². The van der Waals surface area contributed by atoms with Gasteiger partial charge in [-0.2, -0.15) is 0 Å². The number of ether oxygens (including phenoxy) is 1. The molecule has 94 valence electrons. The van der Waals surface area contributed by atoms with E-state index in [0.29, 0.717) is 6.54 Å². The first kappa shape index (κ1) is 14.2. The first-order valence-electron chi connectivity index (χ1n) is 5.40. The Bertz CT molecular complexity index is 354. The van der Waals surface area contributed by atoms with Crippen LogP contribution in [-0.4, -0.2) is 32.2 Å². The highest BCUT2D eigenvalue weighted by Crippen LogP contribution is 2.13. The van der Waals surface area contributed by atoms with E-state index in [1.54, 1.807) is 7.11 Å². The molecule has 17 heavy (non-hydrogen) atoms. The maximum absolute atomic E-state index is 11.5. The third-order valence-corrected chi connectivity index (χ3v) is 2.78. The standard InChI is InChI=1S/C12H17BrN2O2/c1-9(17-2)7-14-8-12(16)15-11-5-3-10(13)4-6-11/h3-6,9,14H,7-8H2,1-2H3,(H,15,16). The molecule has 4 nitrogen and oxygen atoms in total. The van der Waals surface area contributed by atoms with Crippen molar-refractivity contribution in [1.82, 2.24) is 5.32 Å². The minimum absolute atomic E-state index is 0.0596. The van der Waals surface area contributed by atoms with Gasteiger partial charge in [-0.3, -0.25) is 4.79 Å². The van der Waals surface area contributed by atoms with Gasteiger partial charge in [0, 0.05) is 23.8 Å². The zero-order valence-electron chi connectivity index (χ0n) is 10.00. The van der Waals surface area contributed by atoms with Crippen LogP contribution in [0.2, 0.25) is 0 Å². The number of rotatable bonds is 6. The van der Waals surface area contributed by atoms with Crippen LogP contribution in [0.25, 0.3) is 0 Å². The molecule has 0 aliphatic carbocycles. The molecule has 0 aromatic heterocycles. The Kier molecular flexibility index (Phi) is 6.18. The van der Waals surface area contributed by atoms with Crippen LogP contribution in [0.3, 0.4) is 0 Å². The lowest BCUT2D eigenvalue weighted by Gasteiger charge is -2.10. The summed E-state index contributed by atoms with van der Waals surface area (Å²) in [5.41, 5.74) is 0.791. The van der Waals surface area contributed by atoms with Crippen molar-refractivity contribution < 1.29 is 9.53 Å². The number of halogens is 1. The predicted octanol–water partition coefficient (Wildman–Crippen LogP) is 2.01. The molecule has 0 fully saturated rings. The Morgan fingerprint density at radius 2 is 2.06 bits per heavy atom. The number of hydrogen-bond acceptors (Lipinski definition) is 3. The maximum Gasteiger partial charge on any atom is 0.238 e. The zero-order chi connectivity index (χ0) is 12.7. The molecule has 5 heteroatoms. The topological polar surface area (TPSA) is 50.4 Å². The maximum atomic E-state index is 11.5. The van der Waals surface area contributed by atoms with E-state index in [0.717, 1.165) is 10.2 Å². The van der Waals surface area contributed by atoms with Crippen LogP contribution in [0.5, 0.6) is 0 Å². The molecule has 0 heterocycles. The Balaban J connectivity index is 2.27. The van der Waals surface area contributed by atoms with Gasteiger partial charge in [-0.15, -0.1) is 0 Å². The van der Waals surface area contributed by atoms with Gasteiger partial charge in [0.2, 0.25) is 5.91 Å². The number of methoxy groups -OCH3 is 1. The van der Waals surface area contributed by atoms with E-state index in [4.69, 9.17) is 4.74 Å². The molecule has 2 N–H and O–H groups in total. The summed E-state index contributed by atoms with van der Waals surface area (Å²) in [5.74, 6) is -0.0596. The van der Waals surface area contributed by atoms with E-state index in [2.05, 4.69) is 26.6 Å². The molecule has 1 rings (SSSR count). The average molecular weight is 301 g/mol. The van der Waals surface area contributed by atoms with E-state index in [9.17, 15) is 4.79 Å². The fraction of sp³-hybridized carbons (Fsp3) is 0.417. The third kappa shape index (κ3) is 5.81. The van der Waals surface area contributed by atoms with Crippen molar-refractivity contribution in [2.24, 2.45) is 0 Å². The Hall–Kier alpha value is -0.910. The second kappa shape index (κ2) is 7.42. The van der Waals surface area contributed by atoms with E-state index >= 15 is 0 Å². The molecule has 0 bridgehead atoms. The first-order chi connectivity index (χ1) is 8.11. The van der Waals surface area contributed by atoms with Crippen LogP contribution in [-0.2, 0) is 9.53 Å². The Morgan fingerprint density at radius 3 is 2.65 bits per heavy atom. The van der Waals surface area contributed by atoms with Gasteiger partial charge in [0.25, 0.3) is 0 Å². The number of hydrogen-bond donors (Lipinski definition) is 2. The lowest BCUT2D eigenvalue weighted by atomic mass is 10.3. The van der Waals surface area contributed by atoms with Gasteiger partial charge < -0.3 is 15.4 Å². The van der Waals surface area contributed by atoms with Gasteiger partial charge in [0.05, 0.1) is 12.6 Å². The normalized spacial score (nSPS) is 12.2. The number of amides is 1. The fourth-order valence-corrected chi connectivity index (χ4v) is 1.48. The quantitative estimate of drug-likeness (QED) is 0.845. The lowest BCUT2D eigenvalue weighted by Crippen LogP contribution is -2.33. The molecule has 0 saturated heterocycles. The van der Waals surface area contributed by atoms with Crippen LogP contribution >= 0.6 is 15.9 Å². The molecule has 0 radical (unpaired) electrons. The minimum Gasteiger partial charge on any atom is -0.380 e. The van der Waals surface area contributed by atoms with Gasteiger partial charge in [0.15, 0.2) is 0 Å². The number of carbonyl (C=O) groups excluding carboxylic acids is 1. The second-order valence-electron chi connectivity index (χ2n) is 3.73. The van der Waals surface area contributed by atoms with Crippen LogP contribution in [0.1, 0.15) is 6.92 Å². The lowest BCUT2D eigenvalue weighted by molar-refractivity contribution is -0.115. The summed E-state index contributed by atoms with van der Waals surface area (Å²) < 4.78 is 6.05. The average Bonchev–Trinajstić information content (AvgIpc) is 2.32. The summed E-state index contributed by atoms with van der Waals surface area (Å²) in [6.45, 7) is 2.88. The molecule has 1 amide bonds. The SMILES string of the molecule is COC(C)CNCC(=O)Nc1ccc(Br)cc1. The van der Waals surface area contributed by atoms with Gasteiger partial charge in [-0.25, -0.2) is 0 Å². The molecule has 0 aliphatic rings. The molecule has 1 unspecified atom stereocenters. The first-order valence-corrected chi connectivity index (χ1v) is 6.20. The summed E-state index contributed by atoms with van der Waals surface area (Å²) in [4.78, 5) is 11.5. The highest BCUT2D eigenvalue weighted by Gasteiger charge is 2.03. The molecule has 1 atom stereocenters. The Morgan fingerprint density at radius 1 is 1.41 bits per heavy atom. The van der Waals surface area contributed by atoms with E-state index in [-0.39, 0.29) is 18.6 Å². The number of carbonyl (C=O) groups is 1. The monoisotopic (exact) mass is 300 g/mol. The Labute approximate surface area is 110 Å². The molecule has 1 aromatic rings. The van der Waals surface area contributed by atoms with Crippen LogP contribution in [0.4, 0.5) is 5.69 Å². The predicted molar refractivity (Wildman–Crippen MR) is 72.1 cm³/mol. The van der Waals surface area contributed by atoms with Crippen LogP contribution in [0.15, 0.2) is 28.7 Å². The van der Waals surface area contributed by atoms with Crippen molar-refractivity contribution >= 4 is 27.5 Å². The van der Waals surface area contributed by atoms with E-state index < -0.39 is 0 Å². The third-order valence-electron chi connectivity index (χ3n) is 2.25. The fourth-order valence-electron chi connectivity index (χ4n) is 1.21. The van der Waals surface area contributed by atoms with Gasteiger partial charge in [-0.1, -0.05) is 15.9 Å². The van der Waals surface area contributed by atoms with Crippen LogP contribution < -0.4 is 10.6 Å². The van der Waals surface area contributed by atoms with Crippen molar-refractivity contribution in [3.8, 4) is 0 Å². The molecular formula is C12H17BrN2O2.